The number of allylic oxidation sites excluding steroid dienone is 1. The van der Waals surface area contributed by atoms with Crippen LogP contribution < -0.4 is 5.32 Å². The number of hydrogen-bond donors (Lipinski definition) is 1. The van der Waals surface area contributed by atoms with E-state index >= 15 is 0 Å². The first-order valence-corrected chi connectivity index (χ1v) is 11.7. The summed E-state index contributed by atoms with van der Waals surface area (Å²) in [5, 5.41) is 3.14. The van der Waals surface area contributed by atoms with Crippen molar-refractivity contribution in [2.45, 2.75) is 60.4 Å². The molecule has 3 aromatic rings. The zero-order chi connectivity index (χ0) is 24.0. The Morgan fingerprint density at radius 3 is 2.45 bits per heavy atom. The third-order valence-corrected chi connectivity index (χ3v) is 6.05. The maximum Gasteiger partial charge on any atom is 0.0885 e. The Morgan fingerprint density at radius 2 is 1.79 bits per heavy atom. The van der Waals surface area contributed by atoms with Crippen LogP contribution in [-0.4, -0.2) is 9.97 Å². The molecule has 33 heavy (non-hydrogen) atoms. The lowest BCUT2D eigenvalue weighted by molar-refractivity contribution is 0.427. The molecule has 0 fully saturated rings. The first kappa shape index (κ1) is 24.4. The van der Waals surface area contributed by atoms with Crippen LogP contribution in [0.4, 0.5) is 0 Å². The Bertz CT molecular complexity index is 1120. The van der Waals surface area contributed by atoms with E-state index in [1.807, 2.05) is 12.4 Å². The Kier molecular flexibility index (Phi) is 7.86. The van der Waals surface area contributed by atoms with Crippen molar-refractivity contribution in [2.75, 3.05) is 0 Å². The van der Waals surface area contributed by atoms with Gasteiger partial charge in [0.1, 0.15) is 0 Å². The summed E-state index contributed by atoms with van der Waals surface area (Å²) in [5.41, 5.74) is 11.0. The summed E-state index contributed by atoms with van der Waals surface area (Å²) in [4.78, 5) is 9.37. The smallest absolute Gasteiger partial charge is 0.0885 e. The maximum atomic E-state index is 4.69. The summed E-state index contributed by atoms with van der Waals surface area (Å²) < 4.78 is 0. The fourth-order valence-corrected chi connectivity index (χ4v) is 4.19. The van der Waals surface area contributed by atoms with Gasteiger partial charge in [-0.15, -0.1) is 0 Å². The average molecular weight is 440 g/mol. The molecular formula is C30H37N3. The number of nitrogens with zero attached hydrogens (tertiary/aromatic N) is 2. The molecule has 0 saturated carbocycles. The standard InChI is InChI=1S/C30H37N3/c1-8-31-18-24-10-9-11-26(16-24)29-20-32-27(19-33-29)14-12-25-13-15-28(23(4)22(25)3)21(2)17-30(5,6)7/h8-11,13,15-16,19-20,31H,1-2,12,14,17-18H2,3-7H3. The summed E-state index contributed by atoms with van der Waals surface area (Å²) in [6, 6.07) is 12.9. The van der Waals surface area contributed by atoms with Gasteiger partial charge in [0.05, 0.1) is 17.6 Å². The lowest BCUT2D eigenvalue weighted by Crippen LogP contribution is -2.07. The van der Waals surface area contributed by atoms with E-state index in [1.165, 1.54) is 33.4 Å². The van der Waals surface area contributed by atoms with Crippen LogP contribution in [-0.2, 0) is 19.4 Å². The van der Waals surface area contributed by atoms with Gasteiger partial charge in [0, 0.05) is 18.3 Å². The van der Waals surface area contributed by atoms with Crippen LogP contribution in [0, 0.1) is 19.3 Å². The highest BCUT2D eigenvalue weighted by Crippen LogP contribution is 2.32. The quantitative estimate of drug-likeness (QED) is 0.382. The van der Waals surface area contributed by atoms with Crippen molar-refractivity contribution in [2.24, 2.45) is 5.41 Å². The van der Waals surface area contributed by atoms with Crippen molar-refractivity contribution in [1.82, 2.24) is 15.3 Å². The highest BCUT2D eigenvalue weighted by Gasteiger charge is 2.16. The van der Waals surface area contributed by atoms with E-state index in [0.717, 1.165) is 42.8 Å². The van der Waals surface area contributed by atoms with Crippen molar-refractivity contribution >= 4 is 5.57 Å². The summed E-state index contributed by atoms with van der Waals surface area (Å²) in [5.74, 6) is 0. The van der Waals surface area contributed by atoms with E-state index in [-0.39, 0.29) is 5.41 Å². The topological polar surface area (TPSA) is 37.8 Å². The number of aromatic nitrogens is 2. The Morgan fingerprint density at radius 1 is 1.00 bits per heavy atom. The van der Waals surface area contributed by atoms with E-state index in [9.17, 15) is 0 Å². The normalized spacial score (nSPS) is 11.3. The molecule has 3 nitrogen and oxygen atoms in total. The van der Waals surface area contributed by atoms with Crippen molar-refractivity contribution < 1.29 is 0 Å². The summed E-state index contributed by atoms with van der Waals surface area (Å²) >= 11 is 0. The van der Waals surface area contributed by atoms with E-state index in [4.69, 9.17) is 4.98 Å². The molecular weight excluding hydrogens is 402 g/mol. The molecule has 1 N–H and O–H groups in total. The molecule has 0 saturated heterocycles. The third-order valence-electron chi connectivity index (χ3n) is 6.05. The number of aryl methyl sites for hydroxylation is 2. The van der Waals surface area contributed by atoms with Gasteiger partial charge in [0.25, 0.3) is 0 Å². The molecule has 3 rings (SSSR count). The molecule has 0 unspecified atom stereocenters. The molecule has 3 heteroatoms. The van der Waals surface area contributed by atoms with Gasteiger partial charge in [0.15, 0.2) is 0 Å². The van der Waals surface area contributed by atoms with Crippen LogP contribution in [0.5, 0.6) is 0 Å². The predicted octanol–water partition coefficient (Wildman–Crippen LogP) is 7.23. The van der Waals surface area contributed by atoms with Gasteiger partial charge in [-0.3, -0.25) is 9.97 Å². The first-order chi connectivity index (χ1) is 15.7. The summed E-state index contributed by atoms with van der Waals surface area (Å²) in [6.07, 6.45) is 8.33. The van der Waals surface area contributed by atoms with Gasteiger partial charge in [-0.2, -0.15) is 0 Å². The third kappa shape index (κ3) is 6.64. The monoisotopic (exact) mass is 439 g/mol. The number of hydrogen-bond acceptors (Lipinski definition) is 3. The van der Waals surface area contributed by atoms with Crippen molar-refractivity contribution in [3.8, 4) is 11.3 Å². The molecule has 2 aromatic carbocycles. The fourth-order valence-electron chi connectivity index (χ4n) is 4.19. The molecule has 0 bridgehead atoms. The van der Waals surface area contributed by atoms with Crippen LogP contribution in [0.1, 0.15) is 60.7 Å². The van der Waals surface area contributed by atoms with Crippen molar-refractivity contribution in [1.29, 1.82) is 0 Å². The minimum absolute atomic E-state index is 0.241. The minimum Gasteiger partial charge on any atom is -0.387 e. The lowest BCUT2D eigenvalue weighted by atomic mass is 9.83. The zero-order valence-corrected chi connectivity index (χ0v) is 20.8. The van der Waals surface area contributed by atoms with Crippen molar-refractivity contribution in [3.63, 3.8) is 0 Å². The highest BCUT2D eigenvalue weighted by molar-refractivity contribution is 5.68. The van der Waals surface area contributed by atoms with E-state index in [1.54, 1.807) is 6.20 Å². The molecule has 0 spiro atoms. The van der Waals surface area contributed by atoms with Crippen LogP contribution in [0.3, 0.4) is 0 Å². The van der Waals surface area contributed by atoms with Gasteiger partial charge < -0.3 is 5.32 Å². The second-order valence-corrected chi connectivity index (χ2v) is 10.0. The first-order valence-electron chi connectivity index (χ1n) is 11.7. The number of nitrogens with one attached hydrogen (secondary N) is 1. The predicted molar refractivity (Wildman–Crippen MR) is 141 cm³/mol. The second-order valence-electron chi connectivity index (χ2n) is 10.0. The molecule has 0 aliphatic rings. The van der Waals surface area contributed by atoms with E-state index < -0.39 is 0 Å². The van der Waals surface area contributed by atoms with Gasteiger partial charge in [0.2, 0.25) is 0 Å². The molecule has 172 valence electrons. The van der Waals surface area contributed by atoms with Crippen molar-refractivity contribution in [3.05, 3.63) is 102 Å². The molecule has 1 heterocycles. The van der Waals surface area contributed by atoms with Gasteiger partial charge in [-0.25, -0.2) is 0 Å². The van der Waals surface area contributed by atoms with Crippen LogP contribution in [0.25, 0.3) is 16.8 Å². The van der Waals surface area contributed by atoms with Gasteiger partial charge in [-0.1, -0.05) is 64.3 Å². The molecule has 0 aliphatic heterocycles. The van der Waals surface area contributed by atoms with E-state index in [2.05, 4.69) is 94.5 Å². The average Bonchev–Trinajstić information content (AvgIpc) is 2.78. The van der Waals surface area contributed by atoms with Gasteiger partial charge in [-0.05, 0) is 84.2 Å². The maximum absolute atomic E-state index is 4.69. The Balaban J connectivity index is 1.67. The Labute approximate surface area is 199 Å². The minimum atomic E-state index is 0.241. The number of benzene rings is 2. The van der Waals surface area contributed by atoms with Gasteiger partial charge >= 0.3 is 0 Å². The van der Waals surface area contributed by atoms with E-state index in [0.29, 0.717) is 0 Å². The molecule has 0 aliphatic carbocycles. The zero-order valence-electron chi connectivity index (χ0n) is 20.8. The second kappa shape index (κ2) is 10.6. The van der Waals surface area contributed by atoms with Crippen LogP contribution in [0.2, 0.25) is 0 Å². The fraction of sp³-hybridized carbons (Fsp3) is 0.333. The SMILES string of the molecule is C=CNCc1cccc(-c2cnc(CCc3ccc(C(=C)CC(C)(C)C)c(C)c3C)cn2)c1. The molecule has 1 aromatic heterocycles. The van der Waals surface area contributed by atoms with Crippen LogP contribution in [0.15, 0.2) is 68.1 Å². The van der Waals surface area contributed by atoms with Crippen LogP contribution >= 0.6 is 0 Å². The largest absolute Gasteiger partial charge is 0.387 e. The molecule has 0 atom stereocenters. The Hall–Kier alpha value is -3.20. The highest BCUT2D eigenvalue weighted by atomic mass is 14.8. The number of rotatable bonds is 9. The summed E-state index contributed by atoms with van der Waals surface area (Å²) in [6.45, 7) is 20.0. The summed E-state index contributed by atoms with van der Waals surface area (Å²) in [7, 11) is 0. The molecule has 0 amide bonds. The lowest BCUT2D eigenvalue weighted by Gasteiger charge is -2.22. The molecule has 0 radical (unpaired) electrons.